The highest BCUT2D eigenvalue weighted by molar-refractivity contribution is 7.99. The Labute approximate surface area is 65.5 Å². The lowest BCUT2D eigenvalue weighted by Crippen LogP contribution is -2.14. The molecule has 10 heavy (non-hydrogen) atoms. The molecule has 0 aromatic carbocycles. The molecule has 60 valence electrons. The molecule has 0 aliphatic rings. The number of aliphatic hydroxyl groups excluding tert-OH is 1. The quantitative estimate of drug-likeness (QED) is 0.402. The van der Waals surface area contributed by atoms with Crippen LogP contribution < -0.4 is 5.73 Å². The molecule has 0 rings (SSSR count). The van der Waals surface area contributed by atoms with Crippen LogP contribution in [0.25, 0.3) is 0 Å². The van der Waals surface area contributed by atoms with E-state index in [-0.39, 0.29) is 12.4 Å². The number of nitrogens with two attached hydrogens (primary N) is 1. The second-order valence-corrected chi connectivity index (χ2v) is 3.36. The summed E-state index contributed by atoms with van der Waals surface area (Å²) >= 11 is 1.58. The molecule has 0 aliphatic carbocycles. The molecule has 0 bridgehead atoms. The Morgan fingerprint density at radius 3 is 2.80 bits per heavy atom. The fraction of sp³-hybridized carbons (Fsp3) is 0.833. The monoisotopic (exact) mass is 162 g/mol. The highest BCUT2D eigenvalue weighted by atomic mass is 32.2. The number of nitrogens with one attached hydrogen (secondary N) is 1. The summed E-state index contributed by atoms with van der Waals surface area (Å²) in [5.41, 5.74) is 5.12. The average Bonchev–Trinajstić information content (AvgIpc) is 1.87. The van der Waals surface area contributed by atoms with Gasteiger partial charge in [-0.15, -0.1) is 0 Å². The van der Waals surface area contributed by atoms with E-state index >= 15 is 0 Å². The Bertz CT molecular complexity index is 108. The molecule has 0 heterocycles. The van der Waals surface area contributed by atoms with Gasteiger partial charge in [0.15, 0.2) is 0 Å². The molecule has 1 atom stereocenters. The van der Waals surface area contributed by atoms with Gasteiger partial charge in [0, 0.05) is 6.61 Å². The number of amidine groups is 1. The van der Waals surface area contributed by atoms with Crippen molar-refractivity contribution in [3.63, 3.8) is 0 Å². The summed E-state index contributed by atoms with van der Waals surface area (Å²) in [6, 6.07) is 0. The van der Waals surface area contributed by atoms with E-state index < -0.39 is 0 Å². The van der Waals surface area contributed by atoms with Crippen LogP contribution in [0.5, 0.6) is 0 Å². The Morgan fingerprint density at radius 1 is 1.80 bits per heavy atom. The van der Waals surface area contributed by atoms with E-state index in [4.69, 9.17) is 16.2 Å². The van der Waals surface area contributed by atoms with Gasteiger partial charge in [0.1, 0.15) is 5.84 Å². The Balaban J connectivity index is 3.11. The van der Waals surface area contributed by atoms with Crippen molar-refractivity contribution in [3.8, 4) is 0 Å². The molecule has 0 saturated carbocycles. The molecule has 0 aliphatic heterocycles. The van der Waals surface area contributed by atoms with Crippen molar-refractivity contribution in [2.45, 2.75) is 6.92 Å². The highest BCUT2D eigenvalue weighted by Crippen LogP contribution is 2.06. The molecular formula is C6H14N2OS. The predicted octanol–water partition coefficient (Wildman–Crippen LogP) is 0.284. The zero-order valence-electron chi connectivity index (χ0n) is 6.13. The largest absolute Gasteiger partial charge is 0.396 e. The van der Waals surface area contributed by atoms with Crippen LogP contribution in [0, 0.1) is 11.3 Å². The van der Waals surface area contributed by atoms with Crippen molar-refractivity contribution in [3.05, 3.63) is 0 Å². The Morgan fingerprint density at radius 2 is 2.40 bits per heavy atom. The molecule has 1 unspecified atom stereocenters. The predicted molar refractivity (Wildman–Crippen MR) is 45.5 cm³/mol. The van der Waals surface area contributed by atoms with E-state index in [1.165, 1.54) is 0 Å². The summed E-state index contributed by atoms with van der Waals surface area (Å²) in [6.07, 6.45) is 0. The first-order valence-electron chi connectivity index (χ1n) is 3.18. The lowest BCUT2D eigenvalue weighted by Gasteiger charge is -2.05. The smallest absolute Gasteiger partial charge is 0.101 e. The summed E-state index contributed by atoms with van der Waals surface area (Å²) in [4.78, 5) is 0. The van der Waals surface area contributed by atoms with Crippen LogP contribution >= 0.6 is 11.8 Å². The zero-order chi connectivity index (χ0) is 7.98. The third-order valence-corrected chi connectivity index (χ3v) is 2.29. The Kier molecular flexibility index (Phi) is 5.43. The van der Waals surface area contributed by atoms with Crippen LogP contribution in [-0.2, 0) is 0 Å². The van der Waals surface area contributed by atoms with E-state index in [0.717, 1.165) is 5.75 Å². The van der Waals surface area contributed by atoms with E-state index in [1.807, 2.05) is 6.92 Å². The molecule has 3 nitrogen and oxygen atoms in total. The number of hydrogen-bond acceptors (Lipinski definition) is 3. The molecule has 4 heteroatoms. The van der Waals surface area contributed by atoms with Crippen molar-refractivity contribution >= 4 is 17.6 Å². The summed E-state index contributed by atoms with van der Waals surface area (Å²) in [5.74, 6) is 1.96. The van der Waals surface area contributed by atoms with Crippen LogP contribution in [0.3, 0.4) is 0 Å². The molecule has 4 N–H and O–H groups in total. The SMILES string of the molecule is CC(CO)CSCC(=N)N. The van der Waals surface area contributed by atoms with Gasteiger partial charge in [-0.2, -0.15) is 11.8 Å². The molecule has 0 spiro atoms. The fourth-order valence-electron chi connectivity index (χ4n) is 0.423. The van der Waals surface area contributed by atoms with Crippen LogP contribution in [0.1, 0.15) is 6.92 Å². The topological polar surface area (TPSA) is 70.1 Å². The van der Waals surface area contributed by atoms with Crippen molar-refractivity contribution in [1.29, 1.82) is 5.41 Å². The van der Waals surface area contributed by atoms with Crippen molar-refractivity contribution in [2.24, 2.45) is 11.7 Å². The van der Waals surface area contributed by atoms with E-state index in [0.29, 0.717) is 11.7 Å². The van der Waals surface area contributed by atoms with Gasteiger partial charge in [-0.25, -0.2) is 0 Å². The van der Waals surface area contributed by atoms with Gasteiger partial charge in [-0.3, -0.25) is 5.41 Å². The van der Waals surface area contributed by atoms with Crippen molar-refractivity contribution in [2.75, 3.05) is 18.1 Å². The summed E-state index contributed by atoms with van der Waals surface area (Å²) in [6.45, 7) is 2.18. The number of aliphatic hydroxyl groups is 1. The molecular weight excluding hydrogens is 148 g/mol. The molecule has 0 aromatic rings. The van der Waals surface area contributed by atoms with Crippen molar-refractivity contribution in [1.82, 2.24) is 0 Å². The first-order chi connectivity index (χ1) is 4.66. The van der Waals surface area contributed by atoms with Crippen LogP contribution in [0.4, 0.5) is 0 Å². The number of rotatable bonds is 5. The summed E-state index contributed by atoms with van der Waals surface area (Å²) in [5, 5.41) is 15.5. The fourth-order valence-corrected chi connectivity index (χ4v) is 1.27. The second kappa shape index (κ2) is 5.56. The standard InChI is InChI=1S/C6H14N2OS/c1-5(2-9)3-10-4-6(7)8/h5,9H,2-4H2,1H3,(H3,7,8). The minimum atomic E-state index is 0.204. The third-order valence-electron chi connectivity index (χ3n) is 0.972. The highest BCUT2D eigenvalue weighted by Gasteiger charge is 1.99. The van der Waals surface area contributed by atoms with Gasteiger partial charge in [0.25, 0.3) is 0 Å². The van der Waals surface area contributed by atoms with Gasteiger partial charge < -0.3 is 10.8 Å². The summed E-state index contributed by atoms with van der Waals surface area (Å²) < 4.78 is 0. The minimum absolute atomic E-state index is 0.204. The van der Waals surface area contributed by atoms with Crippen LogP contribution in [0.15, 0.2) is 0 Å². The number of hydrogen-bond donors (Lipinski definition) is 3. The average molecular weight is 162 g/mol. The van der Waals surface area contributed by atoms with E-state index in [2.05, 4.69) is 0 Å². The second-order valence-electron chi connectivity index (χ2n) is 2.33. The van der Waals surface area contributed by atoms with Gasteiger partial charge in [0.05, 0.1) is 5.75 Å². The molecule has 0 aromatic heterocycles. The van der Waals surface area contributed by atoms with E-state index in [1.54, 1.807) is 11.8 Å². The first-order valence-corrected chi connectivity index (χ1v) is 4.33. The lowest BCUT2D eigenvalue weighted by atomic mass is 10.2. The van der Waals surface area contributed by atoms with Crippen LogP contribution in [0.2, 0.25) is 0 Å². The molecule has 0 radical (unpaired) electrons. The third kappa shape index (κ3) is 5.91. The maximum absolute atomic E-state index is 8.60. The Hall–Kier alpha value is -0.220. The maximum Gasteiger partial charge on any atom is 0.101 e. The minimum Gasteiger partial charge on any atom is -0.396 e. The first kappa shape index (κ1) is 9.78. The van der Waals surface area contributed by atoms with E-state index in [9.17, 15) is 0 Å². The van der Waals surface area contributed by atoms with Gasteiger partial charge in [-0.05, 0) is 11.7 Å². The van der Waals surface area contributed by atoms with Gasteiger partial charge in [-0.1, -0.05) is 6.92 Å². The lowest BCUT2D eigenvalue weighted by molar-refractivity contribution is 0.250. The summed E-state index contributed by atoms with van der Waals surface area (Å²) in [7, 11) is 0. The normalized spacial score (nSPS) is 13.0. The zero-order valence-corrected chi connectivity index (χ0v) is 6.95. The van der Waals surface area contributed by atoms with Crippen LogP contribution in [-0.4, -0.2) is 29.1 Å². The molecule has 0 amide bonds. The van der Waals surface area contributed by atoms with Gasteiger partial charge in [0.2, 0.25) is 0 Å². The number of thioether (sulfide) groups is 1. The maximum atomic E-state index is 8.60. The van der Waals surface area contributed by atoms with Gasteiger partial charge >= 0.3 is 0 Å². The molecule has 0 saturated heterocycles. The van der Waals surface area contributed by atoms with Crippen molar-refractivity contribution < 1.29 is 5.11 Å². The molecule has 0 fully saturated rings.